The first kappa shape index (κ1) is 18.6. The van der Waals surface area contributed by atoms with E-state index in [-0.39, 0.29) is 11.7 Å². The molecule has 0 heterocycles. The largest absolute Gasteiger partial charge is 0.449 e. The van der Waals surface area contributed by atoms with Crippen LogP contribution in [-0.4, -0.2) is 24.5 Å². The molecule has 1 amide bonds. The van der Waals surface area contributed by atoms with Crippen molar-refractivity contribution in [1.29, 1.82) is 0 Å². The topological polar surface area (TPSA) is 55.4 Å². The van der Waals surface area contributed by atoms with Crippen LogP contribution >= 0.6 is 0 Å². The Bertz CT molecular complexity index is 756. The van der Waals surface area contributed by atoms with Crippen LogP contribution in [-0.2, 0) is 16.0 Å². The Kier molecular flexibility index (Phi) is 6.28. The average molecular weight is 343 g/mol. The van der Waals surface area contributed by atoms with Crippen molar-refractivity contribution in [1.82, 2.24) is 5.32 Å². The van der Waals surface area contributed by atoms with E-state index < -0.39 is 12.1 Å². The van der Waals surface area contributed by atoms with Crippen molar-refractivity contribution in [2.24, 2.45) is 0 Å². The first-order valence-electron chi connectivity index (χ1n) is 8.18. The second-order valence-corrected chi connectivity index (χ2v) is 5.96. The number of halogens is 1. The fourth-order valence-corrected chi connectivity index (χ4v) is 2.37. The van der Waals surface area contributed by atoms with Gasteiger partial charge in [-0.1, -0.05) is 24.3 Å². The third kappa shape index (κ3) is 5.14. The van der Waals surface area contributed by atoms with Crippen LogP contribution in [0.2, 0.25) is 0 Å². The minimum atomic E-state index is -0.888. The number of hydrogen-bond donors (Lipinski definition) is 1. The molecule has 0 aliphatic rings. The highest BCUT2D eigenvalue weighted by Crippen LogP contribution is 2.14. The highest BCUT2D eigenvalue weighted by atomic mass is 19.1. The molecule has 1 N–H and O–H groups in total. The molecule has 0 radical (unpaired) electrons. The van der Waals surface area contributed by atoms with Crippen molar-refractivity contribution < 1.29 is 18.7 Å². The lowest BCUT2D eigenvalue weighted by atomic mass is 10.0. The van der Waals surface area contributed by atoms with Gasteiger partial charge in [0.15, 0.2) is 6.10 Å². The number of hydrogen-bond acceptors (Lipinski definition) is 3. The molecule has 4 nitrogen and oxygen atoms in total. The summed E-state index contributed by atoms with van der Waals surface area (Å²) in [6.07, 6.45) is -0.315. The summed E-state index contributed by atoms with van der Waals surface area (Å²) in [5.41, 5.74) is 3.22. The molecule has 0 aromatic heterocycles. The van der Waals surface area contributed by atoms with Gasteiger partial charge >= 0.3 is 5.97 Å². The first-order valence-corrected chi connectivity index (χ1v) is 8.18. The maximum absolute atomic E-state index is 12.8. The standard InChI is InChI=1S/C20H22FNO3/c1-13-5-4-6-18(14(13)2)20(24)25-15(3)19(23)22-12-11-16-7-9-17(21)10-8-16/h4-10,15H,11-12H2,1-3H3,(H,22,23)/t15-/m1/s1. The van der Waals surface area contributed by atoms with Gasteiger partial charge in [-0.2, -0.15) is 0 Å². The van der Waals surface area contributed by atoms with Gasteiger partial charge in [-0.05, 0) is 62.1 Å². The predicted molar refractivity (Wildman–Crippen MR) is 93.9 cm³/mol. The van der Waals surface area contributed by atoms with E-state index >= 15 is 0 Å². The molecule has 0 spiro atoms. The molecule has 1 atom stereocenters. The third-order valence-corrected chi connectivity index (χ3v) is 4.10. The van der Waals surface area contributed by atoms with E-state index in [1.165, 1.54) is 19.1 Å². The summed E-state index contributed by atoms with van der Waals surface area (Å²) in [5.74, 6) is -1.16. The van der Waals surface area contributed by atoms with E-state index in [2.05, 4.69) is 5.32 Å². The molecule has 0 aliphatic heterocycles. The van der Waals surface area contributed by atoms with Gasteiger partial charge < -0.3 is 10.1 Å². The van der Waals surface area contributed by atoms with Crippen LogP contribution in [0.3, 0.4) is 0 Å². The summed E-state index contributed by atoms with van der Waals surface area (Å²) in [6, 6.07) is 11.5. The molecule has 5 heteroatoms. The second kappa shape index (κ2) is 8.42. The number of carbonyl (C=O) groups is 2. The zero-order valence-electron chi connectivity index (χ0n) is 14.6. The summed E-state index contributed by atoms with van der Waals surface area (Å²) in [6.45, 7) is 5.68. The van der Waals surface area contributed by atoms with Crippen LogP contribution < -0.4 is 5.32 Å². The Morgan fingerprint density at radius 1 is 1.12 bits per heavy atom. The van der Waals surface area contributed by atoms with E-state index in [1.807, 2.05) is 19.9 Å². The number of rotatable bonds is 6. The lowest BCUT2D eigenvalue weighted by molar-refractivity contribution is -0.129. The zero-order valence-corrected chi connectivity index (χ0v) is 14.6. The quantitative estimate of drug-likeness (QED) is 0.819. The molecule has 25 heavy (non-hydrogen) atoms. The SMILES string of the molecule is Cc1cccc(C(=O)O[C@H](C)C(=O)NCCc2ccc(F)cc2)c1C. The van der Waals surface area contributed by atoms with E-state index in [9.17, 15) is 14.0 Å². The molecule has 132 valence electrons. The van der Waals surface area contributed by atoms with Crippen LogP contribution in [0.1, 0.15) is 34.0 Å². The summed E-state index contributed by atoms with van der Waals surface area (Å²) in [4.78, 5) is 24.3. The van der Waals surface area contributed by atoms with Crippen LogP contribution in [0.4, 0.5) is 4.39 Å². The fourth-order valence-electron chi connectivity index (χ4n) is 2.37. The molecular formula is C20H22FNO3. The molecule has 0 aliphatic carbocycles. The van der Waals surface area contributed by atoms with Crippen molar-refractivity contribution in [3.63, 3.8) is 0 Å². The van der Waals surface area contributed by atoms with Crippen molar-refractivity contribution in [3.05, 3.63) is 70.5 Å². The van der Waals surface area contributed by atoms with E-state index in [1.54, 1.807) is 24.3 Å². The maximum atomic E-state index is 12.8. The second-order valence-electron chi connectivity index (χ2n) is 5.96. The van der Waals surface area contributed by atoms with Gasteiger partial charge in [0.1, 0.15) is 5.82 Å². The van der Waals surface area contributed by atoms with E-state index in [0.29, 0.717) is 18.5 Å². The highest BCUT2D eigenvalue weighted by Gasteiger charge is 2.20. The molecule has 0 unspecified atom stereocenters. The number of nitrogens with one attached hydrogen (secondary N) is 1. The number of ether oxygens (including phenoxy) is 1. The summed E-state index contributed by atoms with van der Waals surface area (Å²) >= 11 is 0. The number of aryl methyl sites for hydroxylation is 1. The van der Waals surface area contributed by atoms with Crippen molar-refractivity contribution in [2.45, 2.75) is 33.3 Å². The summed E-state index contributed by atoms with van der Waals surface area (Å²) < 4.78 is 18.1. The Hall–Kier alpha value is -2.69. The van der Waals surface area contributed by atoms with Crippen LogP contribution in [0, 0.1) is 19.7 Å². The lowest BCUT2D eigenvalue weighted by Crippen LogP contribution is -2.37. The van der Waals surface area contributed by atoms with Gasteiger partial charge in [0, 0.05) is 6.54 Å². The van der Waals surface area contributed by atoms with E-state index in [0.717, 1.165) is 16.7 Å². The van der Waals surface area contributed by atoms with Gasteiger partial charge in [-0.3, -0.25) is 4.79 Å². The van der Waals surface area contributed by atoms with Crippen molar-refractivity contribution in [3.8, 4) is 0 Å². The molecule has 2 aromatic rings. The Balaban J connectivity index is 1.84. The molecule has 0 fully saturated rings. The van der Waals surface area contributed by atoms with Gasteiger partial charge in [-0.15, -0.1) is 0 Å². The molecule has 2 aromatic carbocycles. The molecule has 2 rings (SSSR count). The summed E-state index contributed by atoms with van der Waals surface area (Å²) in [5, 5.41) is 2.72. The van der Waals surface area contributed by atoms with E-state index in [4.69, 9.17) is 4.74 Å². The first-order chi connectivity index (χ1) is 11.9. The molecular weight excluding hydrogens is 321 g/mol. The Morgan fingerprint density at radius 2 is 1.80 bits per heavy atom. The van der Waals surface area contributed by atoms with Crippen molar-refractivity contribution >= 4 is 11.9 Å². The smallest absolute Gasteiger partial charge is 0.339 e. The summed E-state index contributed by atoms with van der Waals surface area (Å²) in [7, 11) is 0. The van der Waals surface area contributed by atoms with Crippen LogP contribution in [0.15, 0.2) is 42.5 Å². The van der Waals surface area contributed by atoms with Crippen molar-refractivity contribution in [2.75, 3.05) is 6.54 Å². The Morgan fingerprint density at radius 3 is 2.48 bits per heavy atom. The zero-order chi connectivity index (χ0) is 18.4. The van der Waals surface area contributed by atoms with Gasteiger partial charge in [0.05, 0.1) is 5.56 Å². The van der Waals surface area contributed by atoms with Crippen LogP contribution in [0.5, 0.6) is 0 Å². The number of esters is 1. The number of benzene rings is 2. The normalized spacial score (nSPS) is 11.7. The molecule has 0 bridgehead atoms. The third-order valence-electron chi connectivity index (χ3n) is 4.10. The average Bonchev–Trinajstić information content (AvgIpc) is 2.58. The highest BCUT2D eigenvalue weighted by molar-refractivity contribution is 5.93. The number of carbonyl (C=O) groups excluding carboxylic acids is 2. The molecule has 0 saturated heterocycles. The van der Waals surface area contributed by atoms with Gasteiger partial charge in [0.2, 0.25) is 0 Å². The van der Waals surface area contributed by atoms with Gasteiger partial charge in [-0.25, -0.2) is 9.18 Å². The lowest BCUT2D eigenvalue weighted by Gasteiger charge is -2.15. The van der Waals surface area contributed by atoms with Crippen LogP contribution in [0.25, 0.3) is 0 Å². The molecule has 0 saturated carbocycles. The van der Waals surface area contributed by atoms with Gasteiger partial charge in [0.25, 0.3) is 5.91 Å². The predicted octanol–water partition coefficient (Wildman–Crippen LogP) is 3.35. The maximum Gasteiger partial charge on any atom is 0.339 e. The minimum Gasteiger partial charge on any atom is -0.449 e. The Labute approximate surface area is 147 Å². The number of amides is 1. The fraction of sp³-hybridized carbons (Fsp3) is 0.300. The monoisotopic (exact) mass is 343 g/mol. The minimum absolute atomic E-state index is 0.292.